The maximum Gasteiger partial charge on any atom is 0.251 e. The number of rotatable bonds is 6. The van der Waals surface area contributed by atoms with E-state index in [-0.39, 0.29) is 29.4 Å². The molecule has 0 aliphatic carbocycles. The molecular formula is C23H20ClFN2O2. The molecule has 6 heteroatoms. The number of amides is 2. The van der Waals surface area contributed by atoms with E-state index in [9.17, 15) is 14.0 Å². The molecule has 3 aromatic carbocycles. The Kier molecular flexibility index (Phi) is 6.62. The minimum absolute atomic E-state index is 0.00384. The predicted octanol–water partition coefficient (Wildman–Crippen LogP) is 4.75. The van der Waals surface area contributed by atoms with Crippen LogP contribution in [0.5, 0.6) is 0 Å². The molecule has 0 heterocycles. The van der Waals surface area contributed by atoms with Gasteiger partial charge in [-0.05, 0) is 47.9 Å². The number of hydrogen-bond acceptors (Lipinski definition) is 2. The van der Waals surface area contributed by atoms with Gasteiger partial charge in [0.2, 0.25) is 5.91 Å². The van der Waals surface area contributed by atoms with Crippen molar-refractivity contribution in [2.24, 2.45) is 0 Å². The molecule has 0 bridgehead atoms. The number of hydrogen-bond donors (Lipinski definition) is 2. The zero-order valence-electron chi connectivity index (χ0n) is 15.8. The van der Waals surface area contributed by atoms with Crippen molar-refractivity contribution in [2.75, 3.05) is 6.54 Å². The van der Waals surface area contributed by atoms with E-state index in [0.717, 1.165) is 11.1 Å². The molecule has 1 atom stereocenters. The van der Waals surface area contributed by atoms with Crippen LogP contribution in [-0.4, -0.2) is 18.4 Å². The van der Waals surface area contributed by atoms with Crippen molar-refractivity contribution in [1.82, 2.24) is 10.6 Å². The molecular weight excluding hydrogens is 391 g/mol. The van der Waals surface area contributed by atoms with Gasteiger partial charge < -0.3 is 10.6 Å². The molecule has 148 valence electrons. The lowest BCUT2D eigenvalue weighted by molar-refractivity contribution is -0.120. The summed E-state index contributed by atoms with van der Waals surface area (Å²) in [6.45, 7) is 1.59. The van der Waals surface area contributed by atoms with Crippen molar-refractivity contribution in [3.8, 4) is 11.1 Å². The lowest BCUT2D eigenvalue weighted by atomic mass is 10.0. The maximum atomic E-state index is 13.3. The van der Waals surface area contributed by atoms with Crippen molar-refractivity contribution in [2.45, 2.75) is 13.0 Å². The molecule has 29 heavy (non-hydrogen) atoms. The summed E-state index contributed by atoms with van der Waals surface area (Å²) in [5.74, 6) is -1.20. The highest BCUT2D eigenvalue weighted by Gasteiger charge is 2.13. The van der Waals surface area contributed by atoms with E-state index >= 15 is 0 Å². The molecule has 0 saturated carbocycles. The van der Waals surface area contributed by atoms with Gasteiger partial charge in [-0.15, -0.1) is 0 Å². The van der Waals surface area contributed by atoms with Gasteiger partial charge in [0.25, 0.3) is 5.91 Å². The Morgan fingerprint density at radius 2 is 1.62 bits per heavy atom. The first-order chi connectivity index (χ1) is 13.9. The fraction of sp³-hybridized carbons (Fsp3) is 0.130. The minimum Gasteiger partial charge on any atom is -0.348 e. The zero-order chi connectivity index (χ0) is 20.8. The van der Waals surface area contributed by atoms with Crippen LogP contribution in [0, 0.1) is 5.82 Å². The van der Waals surface area contributed by atoms with Crippen LogP contribution in [0.15, 0.2) is 72.8 Å². The Morgan fingerprint density at radius 3 is 2.28 bits per heavy atom. The molecule has 0 aromatic heterocycles. The quantitative estimate of drug-likeness (QED) is 0.616. The molecule has 0 radical (unpaired) electrons. The van der Waals surface area contributed by atoms with Gasteiger partial charge in [0.1, 0.15) is 5.82 Å². The number of carbonyl (C=O) groups is 2. The third kappa shape index (κ3) is 5.42. The molecule has 0 spiro atoms. The Morgan fingerprint density at radius 1 is 0.966 bits per heavy atom. The summed E-state index contributed by atoms with van der Waals surface area (Å²) >= 11 is 5.77. The van der Waals surface area contributed by atoms with Gasteiger partial charge in [-0.3, -0.25) is 9.59 Å². The lowest BCUT2D eigenvalue weighted by Gasteiger charge is -2.15. The van der Waals surface area contributed by atoms with Crippen LogP contribution in [0.4, 0.5) is 4.39 Å². The van der Waals surface area contributed by atoms with Crippen molar-refractivity contribution in [3.05, 3.63) is 94.8 Å². The van der Waals surface area contributed by atoms with Crippen LogP contribution >= 0.6 is 11.6 Å². The molecule has 0 aliphatic heterocycles. The van der Waals surface area contributed by atoms with Gasteiger partial charge in [0.15, 0.2) is 0 Å². The second-order valence-electron chi connectivity index (χ2n) is 6.59. The van der Waals surface area contributed by atoms with Gasteiger partial charge in [0.05, 0.1) is 17.6 Å². The first-order valence-electron chi connectivity index (χ1n) is 9.12. The van der Waals surface area contributed by atoms with E-state index in [1.807, 2.05) is 42.5 Å². The zero-order valence-corrected chi connectivity index (χ0v) is 16.5. The summed E-state index contributed by atoms with van der Waals surface area (Å²) in [6, 6.07) is 20.9. The summed E-state index contributed by atoms with van der Waals surface area (Å²) < 4.78 is 13.3. The largest absolute Gasteiger partial charge is 0.348 e. The number of halogens is 2. The van der Waals surface area contributed by atoms with Crippen LogP contribution in [0.25, 0.3) is 11.1 Å². The van der Waals surface area contributed by atoms with Crippen LogP contribution < -0.4 is 10.6 Å². The molecule has 2 N–H and O–H groups in total. The summed E-state index contributed by atoms with van der Waals surface area (Å²) in [7, 11) is 0. The van der Waals surface area contributed by atoms with Crippen LogP contribution in [0.3, 0.4) is 0 Å². The second kappa shape index (κ2) is 9.34. The third-order valence-electron chi connectivity index (χ3n) is 4.48. The molecule has 0 fully saturated rings. The molecule has 4 nitrogen and oxygen atoms in total. The van der Waals surface area contributed by atoms with Gasteiger partial charge in [-0.25, -0.2) is 4.39 Å². The maximum absolute atomic E-state index is 13.3. The highest BCUT2D eigenvalue weighted by molar-refractivity contribution is 6.30. The minimum atomic E-state index is -0.514. The van der Waals surface area contributed by atoms with Gasteiger partial charge in [-0.1, -0.05) is 60.1 Å². The van der Waals surface area contributed by atoms with Crippen molar-refractivity contribution in [1.29, 1.82) is 0 Å². The monoisotopic (exact) mass is 410 g/mol. The third-order valence-corrected chi connectivity index (χ3v) is 4.77. The van der Waals surface area contributed by atoms with Crippen molar-refractivity contribution >= 4 is 23.4 Å². The second-order valence-corrected chi connectivity index (χ2v) is 7.00. The molecule has 2 amide bonds. The average Bonchev–Trinajstić information content (AvgIpc) is 2.74. The van der Waals surface area contributed by atoms with Gasteiger partial charge in [0, 0.05) is 5.56 Å². The van der Waals surface area contributed by atoms with Crippen molar-refractivity contribution in [3.63, 3.8) is 0 Å². The molecule has 1 unspecified atom stereocenters. The summed E-state index contributed by atoms with van der Waals surface area (Å²) in [6.07, 6.45) is 0. The fourth-order valence-electron chi connectivity index (χ4n) is 2.86. The smallest absolute Gasteiger partial charge is 0.251 e. The Labute approximate surface area is 173 Å². The normalized spacial score (nSPS) is 11.6. The Hall–Kier alpha value is -3.18. The highest BCUT2D eigenvalue weighted by atomic mass is 35.5. The number of nitrogens with one attached hydrogen (secondary N) is 2. The van der Waals surface area contributed by atoms with E-state index in [4.69, 9.17) is 11.6 Å². The summed E-state index contributed by atoms with van der Waals surface area (Å²) in [5.41, 5.74) is 3.21. The Bertz CT molecular complexity index is 1010. The Balaban J connectivity index is 1.53. The molecule has 0 saturated heterocycles. The van der Waals surface area contributed by atoms with Gasteiger partial charge in [-0.2, -0.15) is 0 Å². The van der Waals surface area contributed by atoms with Crippen LogP contribution in [-0.2, 0) is 4.79 Å². The van der Waals surface area contributed by atoms with E-state index in [0.29, 0.717) is 11.1 Å². The SMILES string of the molecule is CC(NC(=O)CNC(=O)c1ccc(-c2ccccc2)cc1)c1ccc(F)c(Cl)c1. The van der Waals surface area contributed by atoms with E-state index < -0.39 is 5.82 Å². The molecule has 3 rings (SSSR count). The van der Waals surface area contributed by atoms with E-state index in [1.165, 1.54) is 12.1 Å². The number of carbonyl (C=O) groups excluding carboxylic acids is 2. The predicted molar refractivity (Wildman–Crippen MR) is 112 cm³/mol. The number of benzene rings is 3. The first-order valence-corrected chi connectivity index (χ1v) is 9.50. The highest BCUT2D eigenvalue weighted by Crippen LogP contribution is 2.21. The summed E-state index contributed by atoms with van der Waals surface area (Å²) in [4.78, 5) is 24.4. The van der Waals surface area contributed by atoms with Crippen molar-refractivity contribution < 1.29 is 14.0 Å². The average molecular weight is 411 g/mol. The first kappa shape index (κ1) is 20.6. The standard InChI is InChI=1S/C23H20ClFN2O2/c1-15(19-11-12-21(25)20(24)13-19)27-22(28)14-26-23(29)18-9-7-17(8-10-18)16-5-3-2-4-6-16/h2-13,15H,14H2,1H3,(H,26,29)(H,27,28). The molecule has 3 aromatic rings. The van der Waals surface area contributed by atoms with E-state index in [1.54, 1.807) is 25.1 Å². The van der Waals surface area contributed by atoms with Gasteiger partial charge >= 0.3 is 0 Å². The topological polar surface area (TPSA) is 58.2 Å². The van der Waals surface area contributed by atoms with E-state index in [2.05, 4.69) is 10.6 Å². The summed E-state index contributed by atoms with van der Waals surface area (Å²) in [5, 5.41) is 5.34. The van der Waals surface area contributed by atoms with Crippen LogP contribution in [0.2, 0.25) is 5.02 Å². The van der Waals surface area contributed by atoms with Crippen LogP contribution in [0.1, 0.15) is 28.9 Å². The lowest BCUT2D eigenvalue weighted by Crippen LogP contribution is -2.38. The fourth-order valence-corrected chi connectivity index (χ4v) is 3.05. The molecule has 0 aliphatic rings.